The van der Waals surface area contributed by atoms with E-state index >= 15 is 0 Å². The van der Waals surface area contributed by atoms with Crippen LogP contribution >= 0.6 is 0 Å². The molecule has 1 saturated carbocycles. The van der Waals surface area contributed by atoms with Gasteiger partial charge in [0, 0.05) is 6.04 Å². The van der Waals surface area contributed by atoms with Crippen molar-refractivity contribution in [3.05, 3.63) is 0 Å². The zero-order valence-electron chi connectivity index (χ0n) is 8.33. The van der Waals surface area contributed by atoms with Crippen LogP contribution in [0.2, 0.25) is 0 Å². The summed E-state index contributed by atoms with van der Waals surface area (Å²) >= 11 is 0. The lowest BCUT2D eigenvalue weighted by Crippen LogP contribution is -2.46. The molecule has 2 nitrogen and oxygen atoms in total. The first kappa shape index (κ1) is 10.0. The van der Waals surface area contributed by atoms with Crippen LogP contribution < -0.4 is 5.73 Å². The Morgan fingerprint density at radius 1 is 1.33 bits per heavy atom. The summed E-state index contributed by atoms with van der Waals surface area (Å²) in [6.45, 7) is 6.59. The van der Waals surface area contributed by atoms with E-state index in [1.54, 1.807) is 0 Å². The van der Waals surface area contributed by atoms with Crippen molar-refractivity contribution in [2.45, 2.75) is 45.8 Å². The monoisotopic (exact) mass is 171 g/mol. The van der Waals surface area contributed by atoms with Crippen LogP contribution in [0.1, 0.15) is 33.6 Å². The normalized spacial score (nSPS) is 43.5. The van der Waals surface area contributed by atoms with Crippen LogP contribution in [-0.2, 0) is 0 Å². The predicted octanol–water partition coefficient (Wildman–Crippen LogP) is 1.38. The van der Waals surface area contributed by atoms with Crippen molar-refractivity contribution in [3.8, 4) is 0 Å². The molecule has 0 spiro atoms. The smallest absolute Gasteiger partial charge is 0.0696 e. The van der Waals surface area contributed by atoms with Crippen molar-refractivity contribution < 1.29 is 5.11 Å². The quantitative estimate of drug-likeness (QED) is 0.626. The third-order valence-electron chi connectivity index (χ3n) is 3.26. The molecule has 1 aliphatic carbocycles. The molecule has 0 bridgehead atoms. The Morgan fingerprint density at radius 3 is 2.33 bits per heavy atom. The zero-order chi connectivity index (χ0) is 9.30. The lowest BCUT2D eigenvalue weighted by molar-refractivity contribution is 0.0391. The van der Waals surface area contributed by atoms with Crippen LogP contribution in [-0.4, -0.2) is 17.3 Å². The number of nitrogens with two attached hydrogens (primary N) is 1. The van der Waals surface area contributed by atoms with E-state index in [0.717, 1.165) is 6.42 Å². The Bertz CT molecular complexity index is 135. The Kier molecular flexibility index (Phi) is 3.13. The van der Waals surface area contributed by atoms with Gasteiger partial charge < -0.3 is 10.8 Å². The maximum Gasteiger partial charge on any atom is 0.0696 e. The number of aliphatic hydroxyl groups excluding tert-OH is 1. The predicted molar refractivity (Wildman–Crippen MR) is 50.7 cm³/mol. The Morgan fingerprint density at radius 2 is 1.92 bits per heavy atom. The molecule has 0 aliphatic heterocycles. The third kappa shape index (κ3) is 1.99. The number of hydrogen-bond acceptors (Lipinski definition) is 2. The van der Waals surface area contributed by atoms with Crippen LogP contribution in [0.15, 0.2) is 0 Å². The minimum absolute atomic E-state index is 0.000000000000000222. The van der Waals surface area contributed by atoms with Gasteiger partial charge in [0.1, 0.15) is 0 Å². The summed E-state index contributed by atoms with van der Waals surface area (Å²) in [4.78, 5) is 0. The molecular formula is C10H21NO. The van der Waals surface area contributed by atoms with Crippen molar-refractivity contribution in [2.75, 3.05) is 0 Å². The molecular weight excluding hydrogens is 150 g/mol. The van der Waals surface area contributed by atoms with Gasteiger partial charge in [0.15, 0.2) is 0 Å². The van der Waals surface area contributed by atoms with E-state index in [1.807, 2.05) is 0 Å². The van der Waals surface area contributed by atoms with Crippen molar-refractivity contribution >= 4 is 0 Å². The van der Waals surface area contributed by atoms with E-state index in [-0.39, 0.29) is 12.1 Å². The van der Waals surface area contributed by atoms with Crippen molar-refractivity contribution in [3.63, 3.8) is 0 Å². The average molecular weight is 171 g/mol. The first-order chi connectivity index (χ1) is 5.52. The molecule has 0 aromatic carbocycles. The van der Waals surface area contributed by atoms with E-state index in [9.17, 15) is 5.11 Å². The van der Waals surface area contributed by atoms with E-state index in [2.05, 4.69) is 20.8 Å². The molecule has 0 amide bonds. The second kappa shape index (κ2) is 3.75. The highest BCUT2D eigenvalue weighted by Gasteiger charge is 2.32. The fourth-order valence-corrected chi connectivity index (χ4v) is 2.12. The van der Waals surface area contributed by atoms with Gasteiger partial charge in [0.25, 0.3) is 0 Å². The topological polar surface area (TPSA) is 46.2 Å². The number of rotatable bonds is 1. The summed E-state index contributed by atoms with van der Waals surface area (Å²) < 4.78 is 0. The van der Waals surface area contributed by atoms with Gasteiger partial charge in [-0.15, -0.1) is 0 Å². The molecule has 0 saturated heterocycles. The molecule has 0 radical (unpaired) electrons. The van der Waals surface area contributed by atoms with E-state index < -0.39 is 0 Å². The van der Waals surface area contributed by atoms with Gasteiger partial charge in [-0.3, -0.25) is 0 Å². The van der Waals surface area contributed by atoms with Gasteiger partial charge in [-0.1, -0.05) is 20.8 Å². The maximum atomic E-state index is 9.64. The van der Waals surface area contributed by atoms with Crippen LogP contribution in [0, 0.1) is 17.8 Å². The lowest BCUT2D eigenvalue weighted by Gasteiger charge is -2.37. The molecule has 1 rings (SSSR count). The number of hydrogen-bond donors (Lipinski definition) is 2. The van der Waals surface area contributed by atoms with Gasteiger partial charge in [0.05, 0.1) is 6.10 Å². The zero-order valence-corrected chi connectivity index (χ0v) is 8.33. The van der Waals surface area contributed by atoms with Gasteiger partial charge in [-0.25, -0.2) is 0 Å². The summed E-state index contributed by atoms with van der Waals surface area (Å²) in [6, 6.07) is -0.000000000000000222. The van der Waals surface area contributed by atoms with Gasteiger partial charge in [-0.2, -0.15) is 0 Å². The molecule has 1 fully saturated rings. The molecule has 12 heavy (non-hydrogen) atoms. The number of aliphatic hydroxyl groups is 1. The Balaban J connectivity index is 2.53. The molecule has 3 N–H and O–H groups in total. The third-order valence-corrected chi connectivity index (χ3v) is 3.26. The first-order valence-electron chi connectivity index (χ1n) is 4.96. The van der Waals surface area contributed by atoms with Crippen LogP contribution in [0.5, 0.6) is 0 Å². The van der Waals surface area contributed by atoms with Crippen LogP contribution in [0.4, 0.5) is 0 Å². The maximum absolute atomic E-state index is 9.64. The summed E-state index contributed by atoms with van der Waals surface area (Å²) in [6.07, 6.45) is 1.79. The van der Waals surface area contributed by atoms with Crippen molar-refractivity contribution in [1.82, 2.24) is 0 Å². The molecule has 1 unspecified atom stereocenters. The first-order valence-corrected chi connectivity index (χ1v) is 4.96. The fraction of sp³-hybridized carbons (Fsp3) is 1.00. The van der Waals surface area contributed by atoms with E-state index in [1.165, 1.54) is 6.42 Å². The summed E-state index contributed by atoms with van der Waals surface area (Å²) in [5, 5.41) is 9.64. The highest BCUT2D eigenvalue weighted by molar-refractivity contribution is 4.87. The molecule has 0 heterocycles. The van der Waals surface area contributed by atoms with Crippen LogP contribution in [0.3, 0.4) is 0 Å². The van der Waals surface area contributed by atoms with Crippen molar-refractivity contribution in [2.24, 2.45) is 23.5 Å². The fourth-order valence-electron chi connectivity index (χ4n) is 2.12. The highest BCUT2D eigenvalue weighted by Crippen LogP contribution is 2.32. The molecule has 72 valence electrons. The minimum Gasteiger partial charge on any atom is -0.391 e. The van der Waals surface area contributed by atoms with Gasteiger partial charge in [-0.05, 0) is 30.6 Å². The molecule has 0 aromatic rings. The SMILES string of the molecule is CC(C)[C@H]1CC(C)[C@@H](N)[C@H](O)C1. The second-order valence-corrected chi connectivity index (χ2v) is 4.60. The molecule has 0 aromatic heterocycles. The van der Waals surface area contributed by atoms with Crippen LogP contribution in [0.25, 0.3) is 0 Å². The second-order valence-electron chi connectivity index (χ2n) is 4.60. The molecule has 1 aliphatic rings. The minimum atomic E-state index is -0.277. The highest BCUT2D eigenvalue weighted by atomic mass is 16.3. The average Bonchev–Trinajstić information content (AvgIpc) is 1.99. The van der Waals surface area contributed by atoms with E-state index in [0.29, 0.717) is 17.8 Å². The van der Waals surface area contributed by atoms with Crippen molar-refractivity contribution in [1.29, 1.82) is 0 Å². The van der Waals surface area contributed by atoms with Gasteiger partial charge in [0.2, 0.25) is 0 Å². The summed E-state index contributed by atoms with van der Waals surface area (Å²) in [5.41, 5.74) is 5.83. The Hall–Kier alpha value is -0.0800. The Labute approximate surface area is 75.2 Å². The largest absolute Gasteiger partial charge is 0.391 e. The standard InChI is InChI=1S/C10H21NO/c1-6(2)8-4-7(3)10(11)9(12)5-8/h6-10,12H,4-5,11H2,1-3H3/t7?,8-,9+,10+/m0/s1. The lowest BCUT2D eigenvalue weighted by atomic mass is 9.73. The molecule has 4 atom stereocenters. The summed E-state index contributed by atoms with van der Waals surface area (Å²) in [5.74, 6) is 1.81. The molecule has 2 heteroatoms. The van der Waals surface area contributed by atoms with Gasteiger partial charge >= 0.3 is 0 Å². The summed E-state index contributed by atoms with van der Waals surface area (Å²) in [7, 11) is 0. The van der Waals surface area contributed by atoms with E-state index in [4.69, 9.17) is 5.73 Å².